The molecule has 10 nitrogen and oxygen atoms in total. The standard InChI is InChI=1S/C36H41FN6O4S/c1-21-17-43(18-22(2)39-21)19-26-13-25(7-12-32(26)44)24-5-4-6-30(14-24)47-35-31(15-27(37)16-38-35)33(45)41-28-8-10-29(11-9-28)42-34(46)36-40-23(3)20-48-36/h4-7,12-16,20-22,28-29,39,44H,8-11,17-19H2,1-3H3,(H,41,45)(H,42,46)/t21-,22+,28-,29+. The third kappa shape index (κ3) is 8.36. The number of hydrogen-bond acceptors (Lipinski definition) is 9. The van der Waals surface area contributed by atoms with Gasteiger partial charge in [-0.1, -0.05) is 18.2 Å². The van der Waals surface area contributed by atoms with Crippen LogP contribution in [0.3, 0.4) is 0 Å². The highest BCUT2D eigenvalue weighted by Crippen LogP contribution is 2.32. The van der Waals surface area contributed by atoms with E-state index < -0.39 is 11.7 Å². The third-order valence-corrected chi connectivity index (χ3v) is 9.72. The summed E-state index contributed by atoms with van der Waals surface area (Å²) in [6.07, 6.45) is 3.75. The summed E-state index contributed by atoms with van der Waals surface area (Å²) in [6, 6.07) is 14.7. The Kier molecular flexibility index (Phi) is 10.3. The molecule has 1 aliphatic carbocycles. The van der Waals surface area contributed by atoms with Crippen LogP contribution in [0, 0.1) is 12.7 Å². The van der Waals surface area contributed by atoms with Gasteiger partial charge in [0, 0.05) is 60.4 Å². The van der Waals surface area contributed by atoms with Crippen LogP contribution in [0.25, 0.3) is 11.1 Å². The molecule has 0 spiro atoms. The van der Waals surface area contributed by atoms with Crippen molar-refractivity contribution in [3.05, 3.63) is 87.8 Å². The molecule has 2 fully saturated rings. The number of benzene rings is 2. The number of nitrogens with one attached hydrogen (secondary N) is 3. The van der Waals surface area contributed by atoms with Crippen molar-refractivity contribution in [1.29, 1.82) is 0 Å². The van der Waals surface area contributed by atoms with E-state index in [9.17, 15) is 19.1 Å². The molecular weight excluding hydrogens is 631 g/mol. The van der Waals surface area contributed by atoms with Crippen LogP contribution in [-0.2, 0) is 6.54 Å². The maximum Gasteiger partial charge on any atom is 0.280 e. The van der Waals surface area contributed by atoms with Gasteiger partial charge in [-0.2, -0.15) is 0 Å². The fraction of sp³-hybridized carbons (Fsp3) is 0.389. The molecule has 252 valence electrons. The molecule has 3 heterocycles. The molecule has 12 heteroatoms. The number of piperazine rings is 1. The van der Waals surface area contributed by atoms with Crippen LogP contribution in [0.1, 0.15) is 70.9 Å². The topological polar surface area (TPSA) is 129 Å². The zero-order chi connectivity index (χ0) is 33.8. The van der Waals surface area contributed by atoms with Crippen LogP contribution in [0.4, 0.5) is 4.39 Å². The zero-order valence-corrected chi connectivity index (χ0v) is 28.1. The van der Waals surface area contributed by atoms with E-state index in [1.807, 2.05) is 42.6 Å². The number of phenolic OH excluding ortho intramolecular Hbond substituents is 1. The van der Waals surface area contributed by atoms with Gasteiger partial charge in [-0.15, -0.1) is 11.3 Å². The van der Waals surface area contributed by atoms with E-state index >= 15 is 0 Å². The van der Waals surface area contributed by atoms with Gasteiger partial charge >= 0.3 is 0 Å². The van der Waals surface area contributed by atoms with Crippen LogP contribution < -0.4 is 20.7 Å². The second kappa shape index (κ2) is 14.8. The number of aromatic nitrogens is 2. The van der Waals surface area contributed by atoms with Crippen LogP contribution >= 0.6 is 11.3 Å². The number of aromatic hydroxyl groups is 1. The number of ether oxygens (including phenoxy) is 1. The summed E-state index contributed by atoms with van der Waals surface area (Å²) in [5, 5.41) is 22.5. The summed E-state index contributed by atoms with van der Waals surface area (Å²) in [5.41, 5.74) is 3.42. The van der Waals surface area contributed by atoms with E-state index in [4.69, 9.17) is 4.74 Å². The largest absolute Gasteiger partial charge is 0.508 e. The smallest absolute Gasteiger partial charge is 0.280 e. The van der Waals surface area contributed by atoms with Gasteiger partial charge in [-0.3, -0.25) is 14.5 Å². The Morgan fingerprint density at radius 1 is 1.00 bits per heavy atom. The van der Waals surface area contributed by atoms with Gasteiger partial charge in [0.1, 0.15) is 22.9 Å². The highest BCUT2D eigenvalue weighted by molar-refractivity contribution is 7.11. The molecule has 2 amide bonds. The summed E-state index contributed by atoms with van der Waals surface area (Å²) < 4.78 is 20.4. The van der Waals surface area contributed by atoms with Crippen molar-refractivity contribution in [1.82, 2.24) is 30.8 Å². The number of carbonyl (C=O) groups is 2. The number of halogens is 1. The lowest BCUT2D eigenvalue weighted by Gasteiger charge is -2.36. The van der Waals surface area contributed by atoms with Gasteiger partial charge in [0.15, 0.2) is 5.01 Å². The average Bonchev–Trinajstić information content (AvgIpc) is 3.50. The molecule has 2 atom stereocenters. The van der Waals surface area contributed by atoms with Crippen LogP contribution in [0.5, 0.6) is 17.4 Å². The molecule has 2 aliphatic rings. The first kappa shape index (κ1) is 33.5. The summed E-state index contributed by atoms with van der Waals surface area (Å²) in [4.78, 5) is 36.6. The minimum absolute atomic E-state index is 0.000849. The number of amides is 2. The van der Waals surface area contributed by atoms with E-state index in [0.717, 1.165) is 47.7 Å². The predicted molar refractivity (Wildman–Crippen MR) is 183 cm³/mol. The van der Waals surface area contributed by atoms with Gasteiger partial charge in [0.25, 0.3) is 11.8 Å². The van der Waals surface area contributed by atoms with Crippen molar-refractivity contribution < 1.29 is 23.8 Å². The Bertz CT molecular complexity index is 1760. The second-order valence-electron chi connectivity index (χ2n) is 12.9. The van der Waals surface area contributed by atoms with E-state index in [0.29, 0.717) is 55.1 Å². The normalized spacial score (nSPS) is 21.4. The zero-order valence-electron chi connectivity index (χ0n) is 27.3. The fourth-order valence-electron chi connectivity index (χ4n) is 6.57. The Morgan fingerprint density at radius 3 is 2.38 bits per heavy atom. The van der Waals surface area contributed by atoms with Crippen molar-refractivity contribution in [3.8, 4) is 28.5 Å². The number of rotatable bonds is 9. The van der Waals surface area contributed by atoms with Crippen molar-refractivity contribution in [3.63, 3.8) is 0 Å². The Morgan fingerprint density at radius 2 is 1.69 bits per heavy atom. The minimum atomic E-state index is -0.644. The molecule has 48 heavy (non-hydrogen) atoms. The van der Waals surface area contributed by atoms with Crippen molar-refractivity contribution >= 4 is 23.2 Å². The number of hydrogen-bond donors (Lipinski definition) is 4. The highest BCUT2D eigenvalue weighted by Gasteiger charge is 2.27. The van der Waals surface area contributed by atoms with Crippen molar-refractivity contribution in [2.75, 3.05) is 13.1 Å². The molecule has 1 saturated heterocycles. The maximum atomic E-state index is 14.3. The average molecular weight is 673 g/mol. The Balaban J connectivity index is 1.10. The lowest BCUT2D eigenvalue weighted by molar-refractivity contribution is 0.0890. The summed E-state index contributed by atoms with van der Waals surface area (Å²) in [5.74, 6) is -0.609. The van der Waals surface area contributed by atoms with Crippen LogP contribution in [-0.4, -0.2) is 69.0 Å². The number of nitrogens with zero attached hydrogens (tertiary/aromatic N) is 3. The van der Waals surface area contributed by atoms with E-state index in [1.54, 1.807) is 12.1 Å². The number of phenols is 1. The lowest BCUT2D eigenvalue weighted by Crippen LogP contribution is -2.53. The molecule has 2 aromatic heterocycles. The molecule has 0 radical (unpaired) electrons. The molecule has 4 N–H and O–H groups in total. The molecule has 0 bridgehead atoms. The number of carbonyl (C=O) groups excluding carboxylic acids is 2. The lowest BCUT2D eigenvalue weighted by atomic mass is 9.91. The molecule has 1 saturated carbocycles. The monoisotopic (exact) mass is 672 g/mol. The number of pyridine rings is 1. The maximum absolute atomic E-state index is 14.3. The van der Waals surface area contributed by atoms with E-state index in [-0.39, 0.29) is 35.2 Å². The Labute approximate surface area is 283 Å². The van der Waals surface area contributed by atoms with Gasteiger partial charge in [0.2, 0.25) is 5.88 Å². The molecule has 2 aromatic carbocycles. The first-order chi connectivity index (χ1) is 23.1. The van der Waals surface area contributed by atoms with Gasteiger partial charge in [-0.05, 0) is 87.9 Å². The first-order valence-electron chi connectivity index (χ1n) is 16.4. The second-order valence-corrected chi connectivity index (χ2v) is 13.8. The molecular formula is C36H41FN6O4S. The Hall–Kier alpha value is -4.39. The summed E-state index contributed by atoms with van der Waals surface area (Å²) in [6.45, 7) is 8.60. The van der Waals surface area contributed by atoms with Gasteiger partial charge in [-0.25, -0.2) is 14.4 Å². The van der Waals surface area contributed by atoms with Crippen molar-refractivity contribution in [2.24, 2.45) is 0 Å². The first-order valence-corrected chi connectivity index (χ1v) is 17.3. The summed E-state index contributed by atoms with van der Waals surface area (Å²) in [7, 11) is 0. The third-order valence-electron chi connectivity index (χ3n) is 8.76. The fourth-order valence-corrected chi connectivity index (χ4v) is 7.27. The number of aryl methyl sites for hydroxylation is 1. The minimum Gasteiger partial charge on any atom is -0.508 e. The number of thiazole rings is 1. The molecule has 4 aromatic rings. The molecule has 0 unspecified atom stereocenters. The van der Waals surface area contributed by atoms with Crippen molar-refractivity contribution in [2.45, 2.75) is 77.2 Å². The summed E-state index contributed by atoms with van der Waals surface area (Å²) >= 11 is 1.32. The van der Waals surface area contributed by atoms with E-state index in [2.05, 4.69) is 44.7 Å². The highest BCUT2D eigenvalue weighted by atomic mass is 32.1. The van der Waals surface area contributed by atoms with Gasteiger partial charge < -0.3 is 25.8 Å². The van der Waals surface area contributed by atoms with Gasteiger partial charge in [0.05, 0.1) is 6.20 Å². The van der Waals surface area contributed by atoms with E-state index in [1.165, 1.54) is 11.3 Å². The SMILES string of the molecule is Cc1csc(C(=O)N[C@H]2CC[C@@H](NC(=O)c3cc(F)cnc3Oc3cccc(-c4ccc(O)c(CN5C[C@@H](C)N[C@@H](C)C5)c4)c3)CC2)n1. The van der Waals surface area contributed by atoms with Crippen LogP contribution in [0.2, 0.25) is 0 Å². The van der Waals surface area contributed by atoms with Crippen LogP contribution in [0.15, 0.2) is 60.1 Å². The molecule has 1 aliphatic heterocycles. The molecule has 6 rings (SSSR count). The predicted octanol–water partition coefficient (Wildman–Crippen LogP) is 5.80. The quantitative estimate of drug-likeness (QED) is 0.176.